The molecule has 0 unspecified atom stereocenters. The minimum atomic E-state index is 0.506. The number of aromatic nitrogens is 2. The third kappa shape index (κ3) is 5.07. The van der Waals surface area contributed by atoms with Crippen molar-refractivity contribution >= 4 is 17.2 Å². The third-order valence-electron chi connectivity index (χ3n) is 4.62. The molecular formula is C21H24N4O2S. The normalized spacial score (nSPS) is 14.2. The van der Waals surface area contributed by atoms with Gasteiger partial charge in [0.05, 0.1) is 24.4 Å². The van der Waals surface area contributed by atoms with Gasteiger partial charge in [-0.2, -0.15) is 0 Å². The molecule has 0 saturated carbocycles. The first-order valence-corrected chi connectivity index (χ1v) is 10.4. The number of hydrogen-bond donors (Lipinski definition) is 1. The molecule has 0 spiro atoms. The molecule has 1 saturated heterocycles. The number of anilines is 1. The molecule has 7 heteroatoms. The van der Waals surface area contributed by atoms with E-state index in [-0.39, 0.29) is 0 Å². The van der Waals surface area contributed by atoms with Crippen LogP contribution < -0.4 is 15.0 Å². The Morgan fingerprint density at radius 2 is 1.93 bits per heavy atom. The molecule has 6 nitrogen and oxygen atoms in total. The lowest BCUT2D eigenvalue weighted by atomic mass is 10.2. The standard InChI is InChI=1S/C21H24N4O2S/c1-2-18(21(23-7-1)25-8-10-26-11-9-25)13-22-12-17-3-5-20(6-4-17)27-14-19-15-28-16-24-19/h1-7,15-16,22H,8-14H2. The molecule has 1 fully saturated rings. The topological polar surface area (TPSA) is 59.5 Å². The minimum Gasteiger partial charge on any atom is -0.487 e. The second kappa shape index (κ2) is 9.64. The summed E-state index contributed by atoms with van der Waals surface area (Å²) in [6.07, 6.45) is 1.86. The molecule has 2 aromatic heterocycles. The Balaban J connectivity index is 1.28. The predicted octanol–water partition coefficient (Wildman–Crippen LogP) is 3.24. The number of nitrogens with one attached hydrogen (secondary N) is 1. The Morgan fingerprint density at radius 3 is 2.71 bits per heavy atom. The zero-order valence-corrected chi connectivity index (χ0v) is 16.5. The van der Waals surface area contributed by atoms with Gasteiger partial charge in [0.25, 0.3) is 0 Å². The Labute approximate surface area is 169 Å². The number of pyridine rings is 1. The summed E-state index contributed by atoms with van der Waals surface area (Å²) < 4.78 is 11.2. The maximum Gasteiger partial charge on any atom is 0.133 e. The van der Waals surface area contributed by atoms with Crippen molar-refractivity contribution in [2.75, 3.05) is 31.2 Å². The minimum absolute atomic E-state index is 0.506. The van der Waals surface area contributed by atoms with E-state index in [0.717, 1.165) is 56.7 Å². The zero-order valence-electron chi connectivity index (χ0n) is 15.7. The van der Waals surface area contributed by atoms with Crippen LogP contribution in [-0.2, 0) is 24.4 Å². The second-order valence-corrected chi connectivity index (χ2v) is 7.32. The van der Waals surface area contributed by atoms with Gasteiger partial charge in [0.1, 0.15) is 18.2 Å². The van der Waals surface area contributed by atoms with E-state index >= 15 is 0 Å². The number of ether oxygens (including phenoxy) is 2. The number of thiazole rings is 1. The SMILES string of the molecule is c1cnc(N2CCOCC2)c(CNCc2ccc(OCc3cscn3)cc2)c1. The summed E-state index contributed by atoms with van der Waals surface area (Å²) in [5.41, 5.74) is 5.22. The first kappa shape index (κ1) is 18.9. The number of morpholine rings is 1. The summed E-state index contributed by atoms with van der Waals surface area (Å²) in [6, 6.07) is 12.3. The van der Waals surface area contributed by atoms with E-state index in [1.54, 1.807) is 11.3 Å². The first-order chi connectivity index (χ1) is 13.9. The van der Waals surface area contributed by atoms with Crippen LogP contribution in [-0.4, -0.2) is 36.3 Å². The summed E-state index contributed by atoms with van der Waals surface area (Å²) >= 11 is 1.58. The van der Waals surface area contributed by atoms with E-state index in [2.05, 4.69) is 38.4 Å². The number of hydrogen-bond acceptors (Lipinski definition) is 7. The summed E-state index contributed by atoms with van der Waals surface area (Å²) in [5.74, 6) is 1.92. The van der Waals surface area contributed by atoms with Crippen LogP contribution in [0.1, 0.15) is 16.8 Å². The van der Waals surface area contributed by atoms with Gasteiger partial charge in [-0.15, -0.1) is 11.3 Å². The van der Waals surface area contributed by atoms with Gasteiger partial charge >= 0.3 is 0 Å². The quantitative estimate of drug-likeness (QED) is 0.631. The van der Waals surface area contributed by atoms with Crippen LogP contribution in [0.2, 0.25) is 0 Å². The average Bonchev–Trinajstić information content (AvgIpc) is 3.28. The van der Waals surface area contributed by atoms with Crippen LogP contribution in [0.5, 0.6) is 5.75 Å². The average molecular weight is 397 g/mol. The molecule has 4 rings (SSSR count). The lowest BCUT2D eigenvalue weighted by Gasteiger charge is -2.29. The van der Waals surface area contributed by atoms with E-state index in [4.69, 9.17) is 9.47 Å². The maximum absolute atomic E-state index is 5.76. The van der Waals surface area contributed by atoms with Crippen molar-refractivity contribution in [1.82, 2.24) is 15.3 Å². The number of nitrogens with zero attached hydrogens (tertiary/aromatic N) is 3. The van der Waals surface area contributed by atoms with Gasteiger partial charge in [-0.05, 0) is 23.8 Å². The highest BCUT2D eigenvalue weighted by molar-refractivity contribution is 7.07. The fraction of sp³-hybridized carbons (Fsp3) is 0.333. The molecule has 1 aliphatic rings. The van der Waals surface area contributed by atoms with Crippen LogP contribution in [0.15, 0.2) is 53.5 Å². The Bertz CT molecular complexity index is 849. The predicted molar refractivity (Wildman–Crippen MR) is 111 cm³/mol. The van der Waals surface area contributed by atoms with E-state index in [0.29, 0.717) is 6.61 Å². The Kier molecular flexibility index (Phi) is 6.49. The zero-order chi connectivity index (χ0) is 19.0. The van der Waals surface area contributed by atoms with Crippen molar-refractivity contribution in [1.29, 1.82) is 0 Å². The molecule has 1 aromatic carbocycles. The third-order valence-corrected chi connectivity index (χ3v) is 5.25. The van der Waals surface area contributed by atoms with E-state index < -0.39 is 0 Å². The van der Waals surface area contributed by atoms with Gasteiger partial charge in [0.2, 0.25) is 0 Å². The van der Waals surface area contributed by atoms with Crippen LogP contribution in [0.4, 0.5) is 5.82 Å². The number of benzene rings is 1. The molecule has 0 atom stereocenters. The van der Waals surface area contributed by atoms with Crippen LogP contribution >= 0.6 is 11.3 Å². The van der Waals surface area contributed by atoms with Crippen molar-refractivity contribution in [2.24, 2.45) is 0 Å². The van der Waals surface area contributed by atoms with Gasteiger partial charge in [-0.25, -0.2) is 9.97 Å². The van der Waals surface area contributed by atoms with Crippen molar-refractivity contribution < 1.29 is 9.47 Å². The molecular weight excluding hydrogens is 372 g/mol. The molecule has 1 N–H and O–H groups in total. The van der Waals surface area contributed by atoms with Gasteiger partial charge in [0, 0.05) is 43.3 Å². The second-order valence-electron chi connectivity index (χ2n) is 6.60. The van der Waals surface area contributed by atoms with Crippen LogP contribution in [0.25, 0.3) is 0 Å². The highest BCUT2D eigenvalue weighted by Crippen LogP contribution is 2.19. The van der Waals surface area contributed by atoms with E-state index in [1.807, 2.05) is 35.3 Å². The molecule has 0 bridgehead atoms. The van der Waals surface area contributed by atoms with Crippen molar-refractivity contribution in [3.8, 4) is 5.75 Å². The number of rotatable bonds is 8. The smallest absolute Gasteiger partial charge is 0.133 e. The summed E-state index contributed by atoms with van der Waals surface area (Å²) in [7, 11) is 0. The molecule has 0 amide bonds. The molecule has 0 radical (unpaired) electrons. The highest BCUT2D eigenvalue weighted by Gasteiger charge is 2.15. The van der Waals surface area contributed by atoms with Crippen molar-refractivity contribution in [3.63, 3.8) is 0 Å². The van der Waals surface area contributed by atoms with Crippen LogP contribution in [0, 0.1) is 0 Å². The lowest BCUT2D eigenvalue weighted by Crippen LogP contribution is -2.37. The van der Waals surface area contributed by atoms with Gasteiger partial charge in [-0.1, -0.05) is 18.2 Å². The van der Waals surface area contributed by atoms with Crippen molar-refractivity contribution in [3.05, 3.63) is 70.3 Å². The maximum atomic E-state index is 5.76. The molecule has 3 aromatic rings. The monoisotopic (exact) mass is 396 g/mol. The first-order valence-electron chi connectivity index (χ1n) is 9.44. The Morgan fingerprint density at radius 1 is 1.07 bits per heavy atom. The summed E-state index contributed by atoms with van der Waals surface area (Å²) in [6.45, 7) is 5.40. The van der Waals surface area contributed by atoms with Crippen LogP contribution in [0.3, 0.4) is 0 Å². The summed E-state index contributed by atoms with van der Waals surface area (Å²) in [4.78, 5) is 11.1. The lowest BCUT2D eigenvalue weighted by molar-refractivity contribution is 0.122. The molecule has 28 heavy (non-hydrogen) atoms. The molecule has 0 aliphatic carbocycles. The van der Waals surface area contributed by atoms with Gasteiger partial charge in [-0.3, -0.25) is 0 Å². The fourth-order valence-electron chi connectivity index (χ4n) is 3.14. The summed E-state index contributed by atoms with van der Waals surface area (Å²) in [5, 5.41) is 5.53. The van der Waals surface area contributed by atoms with E-state index in [1.165, 1.54) is 11.1 Å². The molecule has 146 valence electrons. The van der Waals surface area contributed by atoms with Crippen molar-refractivity contribution in [2.45, 2.75) is 19.7 Å². The molecule has 1 aliphatic heterocycles. The highest BCUT2D eigenvalue weighted by atomic mass is 32.1. The molecule has 3 heterocycles. The van der Waals surface area contributed by atoms with Gasteiger partial charge in [0.15, 0.2) is 0 Å². The van der Waals surface area contributed by atoms with E-state index in [9.17, 15) is 0 Å². The largest absolute Gasteiger partial charge is 0.487 e. The fourth-order valence-corrected chi connectivity index (χ4v) is 3.68. The Hall–Kier alpha value is -2.48. The van der Waals surface area contributed by atoms with Gasteiger partial charge < -0.3 is 19.7 Å².